The van der Waals surface area contributed by atoms with Gasteiger partial charge >= 0.3 is 5.97 Å². The fourth-order valence-corrected chi connectivity index (χ4v) is 2.16. The minimum absolute atomic E-state index is 0.207. The second kappa shape index (κ2) is 7.04. The molecule has 2 nitrogen and oxygen atoms in total. The predicted molar refractivity (Wildman–Crippen MR) is 77.5 cm³/mol. The molecule has 0 aliphatic heterocycles. The average molecular weight is 331 g/mol. The summed E-state index contributed by atoms with van der Waals surface area (Å²) in [7, 11) is 0. The lowest BCUT2D eigenvalue weighted by Gasteiger charge is -2.22. The molecule has 0 unspecified atom stereocenters. The molecule has 0 radical (unpaired) electrons. The van der Waals surface area contributed by atoms with Crippen LogP contribution in [-0.4, -0.2) is 12.6 Å². The van der Waals surface area contributed by atoms with E-state index in [2.05, 4.69) is 22.9 Å². The third kappa shape index (κ3) is 4.94. The van der Waals surface area contributed by atoms with Crippen molar-refractivity contribution in [2.24, 2.45) is 5.41 Å². The Labute approximate surface area is 122 Å². The van der Waals surface area contributed by atoms with Crippen molar-refractivity contribution in [2.45, 2.75) is 40.0 Å². The van der Waals surface area contributed by atoms with Gasteiger partial charge < -0.3 is 4.74 Å². The van der Waals surface area contributed by atoms with Gasteiger partial charge in [0.25, 0.3) is 0 Å². The Bertz CT molecular complexity index is 444. The highest BCUT2D eigenvalue weighted by molar-refractivity contribution is 9.10. The summed E-state index contributed by atoms with van der Waals surface area (Å²) in [5.74, 6) is -0.506. The highest BCUT2D eigenvalue weighted by Crippen LogP contribution is 2.26. The van der Waals surface area contributed by atoms with Gasteiger partial charge in [-0.2, -0.15) is 0 Å². The molecule has 0 heterocycles. The minimum Gasteiger partial charge on any atom is -0.465 e. The molecule has 1 aromatic carbocycles. The number of hydrogen-bond acceptors (Lipinski definition) is 2. The van der Waals surface area contributed by atoms with Crippen molar-refractivity contribution in [1.29, 1.82) is 0 Å². The quantitative estimate of drug-likeness (QED) is 0.567. The molecule has 106 valence electrons. The molecule has 1 aromatic rings. The largest absolute Gasteiger partial charge is 0.465 e. The van der Waals surface area contributed by atoms with Crippen molar-refractivity contribution >= 4 is 21.9 Å². The van der Waals surface area contributed by atoms with E-state index in [0.717, 1.165) is 18.4 Å². The standard InChI is InChI=1S/C15H20BrFO2/c1-4-5-8-19-14(18)15(2,3)10-11-6-7-13(17)12(16)9-11/h6-7,9H,4-5,8,10H2,1-3H3. The lowest BCUT2D eigenvalue weighted by Crippen LogP contribution is -2.29. The Morgan fingerprint density at radius 3 is 2.68 bits per heavy atom. The number of benzene rings is 1. The molecule has 0 aliphatic carbocycles. The monoisotopic (exact) mass is 330 g/mol. The van der Waals surface area contributed by atoms with Gasteiger partial charge in [-0.15, -0.1) is 0 Å². The lowest BCUT2D eigenvalue weighted by molar-refractivity contribution is -0.154. The molecule has 0 aliphatic rings. The average Bonchev–Trinajstić information content (AvgIpc) is 2.33. The highest BCUT2D eigenvalue weighted by atomic mass is 79.9. The van der Waals surface area contributed by atoms with Crippen molar-refractivity contribution in [3.8, 4) is 0 Å². The summed E-state index contributed by atoms with van der Waals surface area (Å²) in [6.07, 6.45) is 2.40. The number of esters is 1. The molecule has 4 heteroatoms. The van der Waals surface area contributed by atoms with Gasteiger partial charge in [-0.3, -0.25) is 4.79 Å². The molecule has 0 fully saturated rings. The van der Waals surface area contributed by atoms with Crippen LogP contribution >= 0.6 is 15.9 Å². The van der Waals surface area contributed by atoms with Crippen LogP contribution < -0.4 is 0 Å². The van der Waals surface area contributed by atoms with Crippen LogP contribution in [0.3, 0.4) is 0 Å². The third-order valence-corrected chi connectivity index (χ3v) is 3.52. The molecular formula is C15H20BrFO2. The number of ether oxygens (including phenoxy) is 1. The molecule has 0 N–H and O–H groups in total. The maximum atomic E-state index is 13.2. The van der Waals surface area contributed by atoms with Gasteiger partial charge in [0.05, 0.1) is 16.5 Å². The summed E-state index contributed by atoms with van der Waals surface area (Å²) in [6.45, 7) is 6.21. The van der Waals surface area contributed by atoms with Crippen LogP contribution in [-0.2, 0) is 16.0 Å². The van der Waals surface area contributed by atoms with Gasteiger partial charge in [-0.05, 0) is 60.3 Å². The SMILES string of the molecule is CCCCOC(=O)C(C)(C)Cc1ccc(F)c(Br)c1. The number of rotatable bonds is 6. The number of carbonyl (C=O) groups is 1. The van der Waals surface area contributed by atoms with E-state index in [0.29, 0.717) is 17.5 Å². The van der Waals surface area contributed by atoms with Gasteiger partial charge in [0.15, 0.2) is 0 Å². The van der Waals surface area contributed by atoms with Crippen LogP contribution in [0.4, 0.5) is 4.39 Å². The Morgan fingerprint density at radius 1 is 1.42 bits per heavy atom. The highest BCUT2D eigenvalue weighted by Gasteiger charge is 2.29. The molecule has 0 atom stereocenters. The van der Waals surface area contributed by atoms with Crippen LogP contribution in [0, 0.1) is 11.2 Å². The van der Waals surface area contributed by atoms with Crippen LogP contribution in [0.2, 0.25) is 0 Å². The third-order valence-electron chi connectivity index (χ3n) is 2.91. The van der Waals surface area contributed by atoms with E-state index in [1.165, 1.54) is 6.07 Å². The Hall–Kier alpha value is -0.900. The number of hydrogen-bond donors (Lipinski definition) is 0. The van der Waals surface area contributed by atoms with Crippen LogP contribution in [0.1, 0.15) is 39.2 Å². The molecule has 0 spiro atoms. The van der Waals surface area contributed by atoms with Gasteiger partial charge in [0.1, 0.15) is 5.82 Å². The first-order valence-electron chi connectivity index (χ1n) is 6.48. The fourth-order valence-electron chi connectivity index (χ4n) is 1.74. The molecule has 0 amide bonds. The number of carbonyl (C=O) groups excluding carboxylic acids is 1. The molecule has 0 bridgehead atoms. The summed E-state index contributed by atoms with van der Waals surface area (Å²) < 4.78 is 18.8. The van der Waals surface area contributed by atoms with Crippen molar-refractivity contribution in [3.05, 3.63) is 34.1 Å². The number of unbranched alkanes of at least 4 members (excludes halogenated alkanes) is 1. The van der Waals surface area contributed by atoms with Gasteiger partial charge in [-0.1, -0.05) is 19.4 Å². The van der Waals surface area contributed by atoms with Gasteiger partial charge in [0.2, 0.25) is 0 Å². The van der Waals surface area contributed by atoms with Gasteiger partial charge in [-0.25, -0.2) is 4.39 Å². The zero-order chi connectivity index (χ0) is 14.5. The van der Waals surface area contributed by atoms with Crippen molar-refractivity contribution in [1.82, 2.24) is 0 Å². The normalized spacial score (nSPS) is 11.4. The van der Waals surface area contributed by atoms with Crippen LogP contribution in [0.5, 0.6) is 0 Å². The van der Waals surface area contributed by atoms with E-state index in [1.807, 2.05) is 13.8 Å². The zero-order valence-corrected chi connectivity index (χ0v) is 13.2. The smallest absolute Gasteiger partial charge is 0.311 e. The Balaban J connectivity index is 2.67. The Kier molecular flexibility index (Phi) is 5.98. The topological polar surface area (TPSA) is 26.3 Å². The molecule has 0 aromatic heterocycles. The van der Waals surface area contributed by atoms with Crippen molar-refractivity contribution < 1.29 is 13.9 Å². The van der Waals surface area contributed by atoms with E-state index in [4.69, 9.17) is 4.74 Å². The maximum Gasteiger partial charge on any atom is 0.311 e. The van der Waals surface area contributed by atoms with E-state index in [-0.39, 0.29) is 11.8 Å². The number of halogens is 2. The summed E-state index contributed by atoms with van der Waals surface area (Å²) in [4.78, 5) is 12.0. The van der Waals surface area contributed by atoms with E-state index >= 15 is 0 Å². The van der Waals surface area contributed by atoms with Crippen molar-refractivity contribution in [3.63, 3.8) is 0 Å². The van der Waals surface area contributed by atoms with Crippen LogP contribution in [0.15, 0.2) is 22.7 Å². The minimum atomic E-state index is -0.606. The maximum absolute atomic E-state index is 13.2. The van der Waals surface area contributed by atoms with E-state index < -0.39 is 5.41 Å². The summed E-state index contributed by atoms with van der Waals surface area (Å²) >= 11 is 3.15. The molecule has 0 saturated heterocycles. The van der Waals surface area contributed by atoms with Gasteiger partial charge in [0, 0.05) is 0 Å². The summed E-state index contributed by atoms with van der Waals surface area (Å²) in [5, 5.41) is 0. The molecule has 0 saturated carbocycles. The molecular weight excluding hydrogens is 311 g/mol. The second-order valence-corrected chi connectivity index (χ2v) is 6.15. The predicted octanol–water partition coefficient (Wildman–Crippen LogP) is 4.50. The fraction of sp³-hybridized carbons (Fsp3) is 0.533. The first-order chi connectivity index (χ1) is 8.86. The molecule has 19 heavy (non-hydrogen) atoms. The zero-order valence-electron chi connectivity index (χ0n) is 11.6. The first kappa shape index (κ1) is 16.2. The van der Waals surface area contributed by atoms with Crippen LogP contribution in [0.25, 0.3) is 0 Å². The molecule has 1 rings (SSSR count). The first-order valence-corrected chi connectivity index (χ1v) is 7.27. The van der Waals surface area contributed by atoms with E-state index in [9.17, 15) is 9.18 Å². The van der Waals surface area contributed by atoms with Crippen molar-refractivity contribution in [2.75, 3.05) is 6.61 Å². The second-order valence-electron chi connectivity index (χ2n) is 5.30. The van der Waals surface area contributed by atoms with E-state index in [1.54, 1.807) is 12.1 Å². The lowest BCUT2D eigenvalue weighted by atomic mass is 9.86. The Morgan fingerprint density at radius 2 is 2.11 bits per heavy atom. The summed E-state index contributed by atoms with van der Waals surface area (Å²) in [5.41, 5.74) is 0.302. The summed E-state index contributed by atoms with van der Waals surface area (Å²) in [6, 6.07) is 4.80.